The Balaban J connectivity index is 1.70. The van der Waals surface area contributed by atoms with E-state index in [1.165, 1.54) is 5.56 Å². The highest BCUT2D eigenvalue weighted by Gasteiger charge is 2.03. The lowest BCUT2D eigenvalue weighted by Gasteiger charge is -2.11. The van der Waals surface area contributed by atoms with Crippen LogP contribution in [0.4, 0.5) is 10.5 Å². The van der Waals surface area contributed by atoms with E-state index in [9.17, 15) is 4.79 Å². The van der Waals surface area contributed by atoms with Gasteiger partial charge in [0.15, 0.2) is 0 Å². The fraction of sp³-hybridized carbons (Fsp3) is 0.350. The summed E-state index contributed by atoms with van der Waals surface area (Å²) in [5.41, 5.74) is 1.95. The average Bonchev–Trinajstić information content (AvgIpc) is 2.61. The summed E-state index contributed by atoms with van der Waals surface area (Å²) in [6.45, 7) is 7.68. The summed E-state index contributed by atoms with van der Waals surface area (Å²) in [6.07, 6.45) is 0. The Morgan fingerprint density at radius 2 is 1.80 bits per heavy atom. The monoisotopic (exact) mass is 342 g/mol. The van der Waals surface area contributed by atoms with Crippen molar-refractivity contribution in [2.24, 2.45) is 0 Å². The molecular weight excluding hydrogens is 316 g/mol. The maximum Gasteiger partial charge on any atom is 0.319 e. The molecule has 2 aromatic carbocycles. The number of amides is 2. The SMILES string of the molecule is CCOc1ccc(NC(=O)NCCOc2cccc(C(C)C)c2)cc1. The highest BCUT2D eigenvalue weighted by atomic mass is 16.5. The number of hydrogen-bond donors (Lipinski definition) is 2. The van der Waals surface area contributed by atoms with Gasteiger partial charge in [0, 0.05) is 5.69 Å². The number of urea groups is 1. The highest BCUT2D eigenvalue weighted by Crippen LogP contribution is 2.20. The molecule has 2 amide bonds. The lowest BCUT2D eigenvalue weighted by molar-refractivity contribution is 0.247. The molecule has 5 heteroatoms. The molecule has 0 saturated heterocycles. The molecule has 2 rings (SSSR count). The van der Waals surface area contributed by atoms with Gasteiger partial charge in [-0.3, -0.25) is 0 Å². The van der Waals surface area contributed by atoms with E-state index in [-0.39, 0.29) is 6.03 Å². The van der Waals surface area contributed by atoms with Crippen molar-refractivity contribution in [2.45, 2.75) is 26.7 Å². The molecule has 0 aliphatic rings. The van der Waals surface area contributed by atoms with Crippen molar-refractivity contribution in [3.63, 3.8) is 0 Å². The number of benzene rings is 2. The molecule has 0 radical (unpaired) electrons. The zero-order chi connectivity index (χ0) is 18.1. The van der Waals surface area contributed by atoms with E-state index in [0.29, 0.717) is 31.4 Å². The number of carbonyl (C=O) groups excluding carboxylic acids is 1. The Hall–Kier alpha value is -2.69. The molecule has 0 saturated carbocycles. The Morgan fingerprint density at radius 3 is 2.48 bits per heavy atom. The van der Waals surface area contributed by atoms with Gasteiger partial charge in [0.2, 0.25) is 0 Å². The second kappa shape index (κ2) is 9.57. The van der Waals surface area contributed by atoms with Crippen molar-refractivity contribution in [1.29, 1.82) is 0 Å². The van der Waals surface area contributed by atoms with Crippen molar-refractivity contribution < 1.29 is 14.3 Å². The normalized spacial score (nSPS) is 10.4. The molecule has 0 heterocycles. The van der Waals surface area contributed by atoms with Crippen LogP contribution < -0.4 is 20.1 Å². The molecule has 0 spiro atoms. The van der Waals surface area contributed by atoms with Crippen LogP contribution >= 0.6 is 0 Å². The molecule has 0 unspecified atom stereocenters. The summed E-state index contributed by atoms with van der Waals surface area (Å²) in [4.78, 5) is 11.9. The van der Waals surface area contributed by atoms with Crippen molar-refractivity contribution in [1.82, 2.24) is 5.32 Å². The molecule has 0 atom stereocenters. The van der Waals surface area contributed by atoms with Crippen LogP contribution in [0.5, 0.6) is 11.5 Å². The minimum Gasteiger partial charge on any atom is -0.494 e. The number of hydrogen-bond acceptors (Lipinski definition) is 3. The Morgan fingerprint density at radius 1 is 1.04 bits per heavy atom. The summed E-state index contributed by atoms with van der Waals surface area (Å²) >= 11 is 0. The maximum atomic E-state index is 11.9. The Kier molecular flexibility index (Phi) is 7.14. The van der Waals surface area contributed by atoms with Gasteiger partial charge in [-0.1, -0.05) is 26.0 Å². The van der Waals surface area contributed by atoms with Gasteiger partial charge in [0.25, 0.3) is 0 Å². The molecule has 134 valence electrons. The van der Waals surface area contributed by atoms with Gasteiger partial charge in [-0.25, -0.2) is 4.79 Å². The Labute approximate surface area is 149 Å². The third kappa shape index (κ3) is 6.37. The summed E-state index contributed by atoms with van der Waals surface area (Å²) in [7, 11) is 0. The lowest BCUT2D eigenvalue weighted by Crippen LogP contribution is -2.32. The number of carbonyl (C=O) groups is 1. The zero-order valence-electron chi connectivity index (χ0n) is 15.0. The first-order valence-electron chi connectivity index (χ1n) is 8.59. The molecule has 25 heavy (non-hydrogen) atoms. The Bertz CT molecular complexity index is 669. The average molecular weight is 342 g/mol. The minimum atomic E-state index is -0.260. The molecule has 0 aliphatic carbocycles. The molecule has 5 nitrogen and oxygen atoms in total. The number of rotatable bonds is 8. The van der Waals surface area contributed by atoms with Crippen LogP contribution in [0.3, 0.4) is 0 Å². The third-order valence-electron chi connectivity index (χ3n) is 3.60. The smallest absolute Gasteiger partial charge is 0.319 e. The molecule has 2 N–H and O–H groups in total. The molecular formula is C20H26N2O3. The molecule has 0 fully saturated rings. The van der Waals surface area contributed by atoms with Gasteiger partial charge in [-0.15, -0.1) is 0 Å². The van der Waals surface area contributed by atoms with Crippen molar-refractivity contribution in [3.05, 3.63) is 54.1 Å². The number of anilines is 1. The molecule has 0 aromatic heterocycles. The van der Waals surface area contributed by atoms with E-state index >= 15 is 0 Å². The molecule has 0 bridgehead atoms. The van der Waals surface area contributed by atoms with Gasteiger partial charge in [-0.2, -0.15) is 0 Å². The topological polar surface area (TPSA) is 59.6 Å². The summed E-state index contributed by atoms with van der Waals surface area (Å²) in [5, 5.41) is 5.55. The third-order valence-corrected chi connectivity index (χ3v) is 3.60. The standard InChI is InChI=1S/C20H26N2O3/c1-4-24-18-10-8-17(9-11-18)22-20(23)21-12-13-25-19-7-5-6-16(14-19)15(2)3/h5-11,14-15H,4,12-13H2,1-3H3,(H2,21,22,23). The van der Waals surface area contributed by atoms with E-state index in [1.54, 1.807) is 12.1 Å². The van der Waals surface area contributed by atoms with Crippen LogP contribution in [0, 0.1) is 0 Å². The van der Waals surface area contributed by atoms with E-state index in [0.717, 1.165) is 11.5 Å². The van der Waals surface area contributed by atoms with E-state index in [1.807, 2.05) is 37.3 Å². The minimum absolute atomic E-state index is 0.260. The van der Waals surface area contributed by atoms with Crippen LogP contribution in [0.2, 0.25) is 0 Å². The predicted octanol–water partition coefficient (Wildman–Crippen LogP) is 4.41. The number of ether oxygens (including phenoxy) is 2. The lowest BCUT2D eigenvalue weighted by atomic mass is 10.0. The van der Waals surface area contributed by atoms with E-state index in [2.05, 4.69) is 30.5 Å². The van der Waals surface area contributed by atoms with Crippen LogP contribution in [-0.4, -0.2) is 25.8 Å². The van der Waals surface area contributed by atoms with Crippen molar-refractivity contribution in [2.75, 3.05) is 25.1 Å². The second-order valence-corrected chi connectivity index (χ2v) is 5.91. The summed E-state index contributed by atoms with van der Waals surface area (Å²) in [6, 6.07) is 15.0. The fourth-order valence-corrected chi connectivity index (χ4v) is 2.27. The van der Waals surface area contributed by atoms with Crippen molar-refractivity contribution >= 4 is 11.7 Å². The molecule has 0 aliphatic heterocycles. The van der Waals surface area contributed by atoms with Gasteiger partial charge < -0.3 is 20.1 Å². The summed E-state index contributed by atoms with van der Waals surface area (Å²) < 4.78 is 11.0. The van der Waals surface area contributed by atoms with Gasteiger partial charge in [0.1, 0.15) is 18.1 Å². The quantitative estimate of drug-likeness (QED) is 0.699. The first-order valence-corrected chi connectivity index (χ1v) is 8.59. The van der Waals surface area contributed by atoms with Gasteiger partial charge in [0.05, 0.1) is 13.2 Å². The zero-order valence-corrected chi connectivity index (χ0v) is 15.0. The fourth-order valence-electron chi connectivity index (χ4n) is 2.27. The highest BCUT2D eigenvalue weighted by molar-refractivity contribution is 5.89. The molecule has 2 aromatic rings. The first-order chi connectivity index (χ1) is 12.1. The van der Waals surface area contributed by atoms with E-state index < -0.39 is 0 Å². The predicted molar refractivity (Wildman–Crippen MR) is 101 cm³/mol. The van der Waals surface area contributed by atoms with Crippen LogP contribution in [0.1, 0.15) is 32.3 Å². The van der Waals surface area contributed by atoms with Crippen LogP contribution in [-0.2, 0) is 0 Å². The van der Waals surface area contributed by atoms with Crippen LogP contribution in [0.15, 0.2) is 48.5 Å². The summed E-state index contributed by atoms with van der Waals surface area (Å²) in [5.74, 6) is 2.06. The second-order valence-electron chi connectivity index (χ2n) is 5.91. The first kappa shape index (κ1) is 18.6. The van der Waals surface area contributed by atoms with Gasteiger partial charge >= 0.3 is 6.03 Å². The largest absolute Gasteiger partial charge is 0.494 e. The van der Waals surface area contributed by atoms with Crippen LogP contribution in [0.25, 0.3) is 0 Å². The maximum absolute atomic E-state index is 11.9. The van der Waals surface area contributed by atoms with Crippen molar-refractivity contribution in [3.8, 4) is 11.5 Å². The van der Waals surface area contributed by atoms with E-state index in [4.69, 9.17) is 9.47 Å². The number of nitrogens with one attached hydrogen (secondary N) is 2. The van der Waals surface area contributed by atoms with Gasteiger partial charge in [-0.05, 0) is 54.8 Å².